The zero-order valence-electron chi connectivity index (χ0n) is 6.07. The summed E-state index contributed by atoms with van der Waals surface area (Å²) >= 11 is 0. The van der Waals surface area contributed by atoms with Crippen LogP contribution in [-0.2, 0) is 0 Å². The fourth-order valence-electron chi connectivity index (χ4n) is 0.397. The van der Waals surface area contributed by atoms with Gasteiger partial charge in [0.05, 0.1) is 0 Å². The summed E-state index contributed by atoms with van der Waals surface area (Å²) in [5.74, 6) is 5.76. The Kier molecular flexibility index (Phi) is 4.63. The second kappa shape index (κ2) is 5.18. The lowest BCUT2D eigenvalue weighted by molar-refractivity contribution is 1.38. The van der Waals surface area contributed by atoms with E-state index in [0.29, 0.717) is 0 Å². The van der Waals surface area contributed by atoms with Crippen LogP contribution in [0.25, 0.3) is 0 Å². The molecule has 0 spiro atoms. The first-order valence-corrected chi connectivity index (χ1v) is 3.00. The van der Waals surface area contributed by atoms with E-state index in [-0.39, 0.29) is 0 Å². The summed E-state index contributed by atoms with van der Waals surface area (Å²) in [6, 6.07) is 0. The quantitative estimate of drug-likeness (QED) is 0.388. The molecule has 0 atom stereocenters. The van der Waals surface area contributed by atoms with E-state index >= 15 is 0 Å². The van der Waals surface area contributed by atoms with Crippen LogP contribution in [0.3, 0.4) is 0 Å². The standard InChI is InChI=1S/C9H12/c1-4-6-7-8-9(3)5-2/h5,8H,2,7H2,1,3H3/b9-8-. The molecule has 0 radical (unpaired) electrons. The molecule has 0 aromatic rings. The van der Waals surface area contributed by atoms with Gasteiger partial charge in [0.1, 0.15) is 0 Å². The Morgan fingerprint density at radius 2 is 2.33 bits per heavy atom. The molecule has 0 heteroatoms. The van der Waals surface area contributed by atoms with Crippen LogP contribution in [-0.4, -0.2) is 0 Å². The first-order chi connectivity index (χ1) is 4.31. The molecule has 0 saturated heterocycles. The molecule has 0 amide bonds. The predicted molar refractivity (Wildman–Crippen MR) is 42.0 cm³/mol. The monoisotopic (exact) mass is 120 g/mol. The lowest BCUT2D eigenvalue weighted by atomic mass is 10.2. The minimum absolute atomic E-state index is 0.842. The van der Waals surface area contributed by atoms with Crippen LogP contribution in [0.15, 0.2) is 24.3 Å². The van der Waals surface area contributed by atoms with Crippen LogP contribution in [0.4, 0.5) is 0 Å². The third-order valence-electron chi connectivity index (χ3n) is 1.02. The van der Waals surface area contributed by atoms with Gasteiger partial charge in [-0.25, -0.2) is 0 Å². The van der Waals surface area contributed by atoms with Gasteiger partial charge in [0.25, 0.3) is 0 Å². The Bertz CT molecular complexity index is 162. The largest absolute Gasteiger partial charge is 0.106 e. The minimum atomic E-state index is 0.842. The zero-order chi connectivity index (χ0) is 7.11. The molecule has 0 aromatic heterocycles. The van der Waals surface area contributed by atoms with Gasteiger partial charge in [0.15, 0.2) is 0 Å². The van der Waals surface area contributed by atoms with Gasteiger partial charge in [0.2, 0.25) is 0 Å². The normalized spacial score (nSPS) is 9.78. The highest BCUT2D eigenvalue weighted by Gasteiger charge is 1.74. The third-order valence-corrected chi connectivity index (χ3v) is 1.02. The average Bonchev–Trinajstić information content (AvgIpc) is 1.89. The van der Waals surface area contributed by atoms with Gasteiger partial charge in [-0.1, -0.05) is 30.2 Å². The summed E-state index contributed by atoms with van der Waals surface area (Å²) in [7, 11) is 0. The van der Waals surface area contributed by atoms with E-state index in [1.807, 2.05) is 19.9 Å². The molecule has 48 valence electrons. The number of hydrogen-bond donors (Lipinski definition) is 0. The van der Waals surface area contributed by atoms with E-state index in [9.17, 15) is 0 Å². The fraction of sp³-hybridized carbons (Fsp3) is 0.333. The Labute approximate surface area is 57.3 Å². The Hall–Kier alpha value is -0.960. The smallest absolute Gasteiger partial charge is 0.0275 e. The van der Waals surface area contributed by atoms with E-state index in [1.54, 1.807) is 0 Å². The molecule has 0 aromatic carbocycles. The van der Waals surface area contributed by atoms with Crippen molar-refractivity contribution in [2.45, 2.75) is 20.3 Å². The predicted octanol–water partition coefficient (Wildman–Crippen LogP) is 2.53. The Morgan fingerprint density at radius 3 is 2.78 bits per heavy atom. The van der Waals surface area contributed by atoms with Gasteiger partial charge in [0, 0.05) is 6.42 Å². The maximum atomic E-state index is 3.62. The van der Waals surface area contributed by atoms with Crippen molar-refractivity contribution in [2.24, 2.45) is 0 Å². The van der Waals surface area contributed by atoms with Gasteiger partial charge in [-0.2, -0.15) is 0 Å². The topological polar surface area (TPSA) is 0 Å². The van der Waals surface area contributed by atoms with Gasteiger partial charge < -0.3 is 0 Å². The van der Waals surface area contributed by atoms with Crippen molar-refractivity contribution in [3.63, 3.8) is 0 Å². The number of rotatable bonds is 2. The first kappa shape index (κ1) is 8.04. The summed E-state index contributed by atoms with van der Waals surface area (Å²) in [5, 5.41) is 0. The molecule has 0 aliphatic rings. The lowest BCUT2D eigenvalue weighted by Gasteiger charge is -1.83. The highest BCUT2D eigenvalue weighted by atomic mass is 13.8. The maximum Gasteiger partial charge on any atom is 0.0275 e. The SMILES string of the molecule is C=C/C(C)=C\CC#CC. The van der Waals surface area contributed by atoms with Crippen LogP contribution >= 0.6 is 0 Å². The molecule has 0 nitrogen and oxygen atoms in total. The summed E-state index contributed by atoms with van der Waals surface area (Å²) in [4.78, 5) is 0. The van der Waals surface area contributed by atoms with Crippen molar-refractivity contribution < 1.29 is 0 Å². The summed E-state index contributed by atoms with van der Waals surface area (Å²) in [5.41, 5.74) is 1.19. The highest BCUT2D eigenvalue weighted by molar-refractivity contribution is 5.16. The molecule has 0 rings (SSSR count). The minimum Gasteiger partial charge on any atom is -0.106 e. The van der Waals surface area contributed by atoms with Crippen LogP contribution in [0, 0.1) is 11.8 Å². The van der Waals surface area contributed by atoms with Crippen molar-refractivity contribution in [3.05, 3.63) is 24.3 Å². The molecule has 0 bridgehead atoms. The summed E-state index contributed by atoms with van der Waals surface area (Å²) in [6.45, 7) is 7.49. The highest BCUT2D eigenvalue weighted by Crippen LogP contribution is 1.93. The van der Waals surface area contributed by atoms with Gasteiger partial charge in [-0.05, 0) is 13.8 Å². The van der Waals surface area contributed by atoms with Crippen molar-refractivity contribution in [3.8, 4) is 11.8 Å². The van der Waals surface area contributed by atoms with E-state index in [4.69, 9.17) is 0 Å². The zero-order valence-corrected chi connectivity index (χ0v) is 6.07. The maximum absolute atomic E-state index is 3.62. The Balaban J connectivity index is 3.65. The van der Waals surface area contributed by atoms with Crippen molar-refractivity contribution >= 4 is 0 Å². The van der Waals surface area contributed by atoms with Gasteiger partial charge in [-0.15, -0.1) is 5.92 Å². The molecular formula is C9H12. The van der Waals surface area contributed by atoms with E-state index in [0.717, 1.165) is 6.42 Å². The van der Waals surface area contributed by atoms with Crippen LogP contribution in [0.2, 0.25) is 0 Å². The van der Waals surface area contributed by atoms with Crippen molar-refractivity contribution in [1.29, 1.82) is 0 Å². The summed E-state index contributed by atoms with van der Waals surface area (Å²) < 4.78 is 0. The van der Waals surface area contributed by atoms with Crippen LogP contribution < -0.4 is 0 Å². The molecular weight excluding hydrogens is 108 g/mol. The molecule has 0 aliphatic heterocycles. The molecule has 0 N–H and O–H groups in total. The second-order valence-electron chi connectivity index (χ2n) is 1.78. The van der Waals surface area contributed by atoms with Crippen LogP contribution in [0.1, 0.15) is 20.3 Å². The summed E-state index contributed by atoms with van der Waals surface area (Å²) in [6.07, 6.45) is 4.73. The van der Waals surface area contributed by atoms with E-state index < -0.39 is 0 Å². The molecule has 0 heterocycles. The molecule has 0 saturated carbocycles. The van der Waals surface area contributed by atoms with Crippen LogP contribution in [0.5, 0.6) is 0 Å². The van der Waals surface area contributed by atoms with E-state index in [1.165, 1.54) is 5.57 Å². The van der Waals surface area contributed by atoms with Crippen molar-refractivity contribution in [2.75, 3.05) is 0 Å². The van der Waals surface area contributed by atoms with Crippen molar-refractivity contribution in [1.82, 2.24) is 0 Å². The van der Waals surface area contributed by atoms with E-state index in [2.05, 4.69) is 24.5 Å². The number of allylic oxidation sites excluding steroid dienone is 3. The third kappa shape index (κ3) is 4.90. The molecule has 9 heavy (non-hydrogen) atoms. The lowest BCUT2D eigenvalue weighted by Crippen LogP contribution is -1.65. The first-order valence-electron chi connectivity index (χ1n) is 3.00. The number of hydrogen-bond acceptors (Lipinski definition) is 0. The average molecular weight is 120 g/mol. The Morgan fingerprint density at radius 1 is 1.67 bits per heavy atom. The van der Waals surface area contributed by atoms with Gasteiger partial charge in [-0.3, -0.25) is 0 Å². The fourth-order valence-corrected chi connectivity index (χ4v) is 0.397. The molecule has 0 unspecified atom stereocenters. The molecule has 0 fully saturated rings. The van der Waals surface area contributed by atoms with Gasteiger partial charge >= 0.3 is 0 Å². The second-order valence-corrected chi connectivity index (χ2v) is 1.78. The molecule has 0 aliphatic carbocycles.